The smallest absolute Gasteiger partial charge is 0.230 e. The zero-order valence-corrected chi connectivity index (χ0v) is 12.0. The van der Waals surface area contributed by atoms with Crippen LogP contribution in [0, 0.1) is 5.92 Å². The summed E-state index contributed by atoms with van der Waals surface area (Å²) < 4.78 is 5.76. The fraction of sp³-hybridized carbons (Fsp3) is 0.500. The Bertz CT molecular complexity index is 538. The van der Waals surface area contributed by atoms with Crippen LogP contribution in [-0.4, -0.2) is 28.2 Å². The number of hydrogen-bond acceptors (Lipinski definition) is 4. The van der Waals surface area contributed by atoms with Gasteiger partial charge < -0.3 is 4.42 Å². The van der Waals surface area contributed by atoms with E-state index >= 15 is 0 Å². The van der Waals surface area contributed by atoms with Crippen LogP contribution in [0.2, 0.25) is 0 Å². The molecule has 1 aliphatic heterocycles. The first-order chi connectivity index (χ1) is 9.79. The first-order valence-corrected chi connectivity index (χ1v) is 7.37. The molecule has 20 heavy (non-hydrogen) atoms. The quantitative estimate of drug-likeness (QED) is 0.857. The van der Waals surface area contributed by atoms with Crippen LogP contribution in [0.4, 0.5) is 0 Å². The molecular formula is C16H21N3O. The highest BCUT2D eigenvalue weighted by atomic mass is 16.4. The topological polar surface area (TPSA) is 42.2 Å². The molecule has 106 valence electrons. The van der Waals surface area contributed by atoms with E-state index in [1.807, 2.05) is 18.2 Å². The molecule has 0 amide bonds. The van der Waals surface area contributed by atoms with Crippen LogP contribution in [0.5, 0.6) is 0 Å². The van der Waals surface area contributed by atoms with E-state index in [9.17, 15) is 0 Å². The minimum Gasteiger partial charge on any atom is -0.424 e. The zero-order valence-electron chi connectivity index (χ0n) is 12.0. The van der Waals surface area contributed by atoms with Gasteiger partial charge in [-0.15, -0.1) is 10.2 Å². The minimum absolute atomic E-state index is 0.705. The summed E-state index contributed by atoms with van der Waals surface area (Å²) in [5.41, 5.74) is 1.20. The Kier molecular flexibility index (Phi) is 4.11. The van der Waals surface area contributed by atoms with Crippen molar-refractivity contribution in [2.45, 2.75) is 32.7 Å². The van der Waals surface area contributed by atoms with E-state index in [0.29, 0.717) is 12.3 Å². The Hall–Kier alpha value is -1.68. The summed E-state index contributed by atoms with van der Waals surface area (Å²) in [5, 5.41) is 8.33. The number of aromatic nitrogens is 2. The standard InChI is InChI=1S/C16H21N3O/c1-13-6-5-9-19(11-13)12-16-18-17-15(20-16)10-14-7-3-2-4-8-14/h2-4,7-8,13H,5-6,9-12H2,1H3. The van der Waals surface area contributed by atoms with Gasteiger partial charge in [-0.1, -0.05) is 37.3 Å². The van der Waals surface area contributed by atoms with Crippen molar-refractivity contribution in [1.82, 2.24) is 15.1 Å². The molecule has 0 N–H and O–H groups in total. The van der Waals surface area contributed by atoms with E-state index in [4.69, 9.17) is 4.42 Å². The predicted molar refractivity (Wildman–Crippen MR) is 77.2 cm³/mol. The largest absolute Gasteiger partial charge is 0.424 e. The third-order valence-electron chi connectivity index (χ3n) is 3.81. The Morgan fingerprint density at radius 3 is 2.80 bits per heavy atom. The lowest BCUT2D eigenvalue weighted by Gasteiger charge is -2.29. The molecule has 3 rings (SSSR count). The third kappa shape index (κ3) is 3.45. The molecule has 1 aliphatic rings. The van der Waals surface area contributed by atoms with E-state index < -0.39 is 0 Å². The minimum atomic E-state index is 0.705. The van der Waals surface area contributed by atoms with E-state index in [1.54, 1.807) is 0 Å². The first-order valence-electron chi connectivity index (χ1n) is 7.37. The highest BCUT2D eigenvalue weighted by Gasteiger charge is 2.18. The highest BCUT2D eigenvalue weighted by molar-refractivity contribution is 5.17. The maximum atomic E-state index is 5.76. The van der Waals surface area contributed by atoms with E-state index in [-0.39, 0.29) is 0 Å². The Morgan fingerprint density at radius 1 is 1.20 bits per heavy atom. The predicted octanol–water partition coefficient (Wildman–Crippen LogP) is 2.89. The molecule has 1 aromatic carbocycles. The summed E-state index contributed by atoms with van der Waals surface area (Å²) in [6.07, 6.45) is 3.32. The molecule has 0 spiro atoms. The Balaban J connectivity index is 1.59. The number of likely N-dealkylation sites (tertiary alicyclic amines) is 1. The number of piperidine rings is 1. The van der Waals surface area contributed by atoms with Gasteiger partial charge in [-0.25, -0.2) is 0 Å². The monoisotopic (exact) mass is 271 g/mol. The van der Waals surface area contributed by atoms with Gasteiger partial charge in [-0.3, -0.25) is 4.90 Å². The lowest BCUT2D eigenvalue weighted by Crippen LogP contribution is -2.33. The van der Waals surface area contributed by atoms with Gasteiger partial charge in [-0.05, 0) is 30.9 Å². The number of benzene rings is 1. The first kappa shape index (κ1) is 13.3. The lowest BCUT2D eigenvalue weighted by molar-refractivity contribution is 0.162. The van der Waals surface area contributed by atoms with Crippen molar-refractivity contribution in [3.8, 4) is 0 Å². The second-order valence-corrected chi connectivity index (χ2v) is 5.73. The van der Waals surface area contributed by atoms with Gasteiger partial charge in [0.15, 0.2) is 0 Å². The molecule has 1 unspecified atom stereocenters. The fourth-order valence-corrected chi connectivity index (χ4v) is 2.82. The van der Waals surface area contributed by atoms with Gasteiger partial charge >= 0.3 is 0 Å². The van der Waals surface area contributed by atoms with Crippen molar-refractivity contribution in [2.24, 2.45) is 5.92 Å². The molecule has 4 nitrogen and oxygen atoms in total. The van der Waals surface area contributed by atoms with Gasteiger partial charge in [0.2, 0.25) is 11.8 Å². The molecule has 1 aromatic heterocycles. The van der Waals surface area contributed by atoms with Crippen LogP contribution < -0.4 is 0 Å². The van der Waals surface area contributed by atoms with Crippen LogP contribution in [0.25, 0.3) is 0 Å². The zero-order chi connectivity index (χ0) is 13.8. The van der Waals surface area contributed by atoms with Gasteiger partial charge in [0.25, 0.3) is 0 Å². The Labute approximate surface area is 119 Å². The van der Waals surface area contributed by atoms with Crippen LogP contribution in [0.3, 0.4) is 0 Å². The normalized spacial score (nSPS) is 20.1. The fourth-order valence-electron chi connectivity index (χ4n) is 2.82. The van der Waals surface area contributed by atoms with Crippen LogP contribution >= 0.6 is 0 Å². The summed E-state index contributed by atoms with van der Waals surface area (Å²) in [4.78, 5) is 2.41. The number of hydrogen-bond donors (Lipinski definition) is 0. The van der Waals surface area contributed by atoms with Crippen molar-refractivity contribution in [2.75, 3.05) is 13.1 Å². The van der Waals surface area contributed by atoms with Gasteiger partial charge in [-0.2, -0.15) is 0 Å². The van der Waals surface area contributed by atoms with Crippen molar-refractivity contribution in [3.05, 3.63) is 47.7 Å². The SMILES string of the molecule is CC1CCCN(Cc2nnc(Cc3ccccc3)o2)C1. The van der Waals surface area contributed by atoms with E-state index in [2.05, 4.69) is 34.2 Å². The van der Waals surface area contributed by atoms with Crippen molar-refractivity contribution < 1.29 is 4.42 Å². The van der Waals surface area contributed by atoms with Gasteiger partial charge in [0.05, 0.1) is 13.0 Å². The molecule has 1 atom stereocenters. The van der Waals surface area contributed by atoms with E-state index in [1.165, 1.54) is 18.4 Å². The van der Waals surface area contributed by atoms with Crippen LogP contribution in [0.15, 0.2) is 34.7 Å². The Morgan fingerprint density at radius 2 is 2.00 bits per heavy atom. The molecule has 0 aliphatic carbocycles. The second kappa shape index (κ2) is 6.18. The number of rotatable bonds is 4. The van der Waals surface area contributed by atoms with Crippen molar-refractivity contribution in [1.29, 1.82) is 0 Å². The van der Waals surface area contributed by atoms with E-state index in [0.717, 1.165) is 31.4 Å². The molecule has 0 radical (unpaired) electrons. The molecule has 0 saturated carbocycles. The molecule has 0 bridgehead atoms. The summed E-state index contributed by atoms with van der Waals surface area (Å²) in [6, 6.07) is 10.2. The van der Waals surface area contributed by atoms with Gasteiger partial charge in [0, 0.05) is 6.54 Å². The molecular weight excluding hydrogens is 250 g/mol. The molecule has 1 saturated heterocycles. The number of nitrogens with zero attached hydrogens (tertiary/aromatic N) is 3. The molecule has 4 heteroatoms. The highest BCUT2D eigenvalue weighted by Crippen LogP contribution is 2.17. The maximum Gasteiger partial charge on any atom is 0.230 e. The average molecular weight is 271 g/mol. The average Bonchev–Trinajstić information content (AvgIpc) is 2.87. The lowest BCUT2D eigenvalue weighted by atomic mass is 10.0. The summed E-state index contributed by atoms with van der Waals surface area (Å²) in [6.45, 7) is 5.37. The summed E-state index contributed by atoms with van der Waals surface area (Å²) >= 11 is 0. The van der Waals surface area contributed by atoms with Gasteiger partial charge in [0.1, 0.15) is 0 Å². The van der Waals surface area contributed by atoms with Crippen molar-refractivity contribution >= 4 is 0 Å². The molecule has 2 heterocycles. The third-order valence-corrected chi connectivity index (χ3v) is 3.81. The summed E-state index contributed by atoms with van der Waals surface area (Å²) in [5.74, 6) is 2.22. The molecule has 1 fully saturated rings. The second-order valence-electron chi connectivity index (χ2n) is 5.73. The maximum absolute atomic E-state index is 5.76. The molecule has 2 aromatic rings. The van der Waals surface area contributed by atoms with Crippen molar-refractivity contribution in [3.63, 3.8) is 0 Å². The van der Waals surface area contributed by atoms with Crippen LogP contribution in [-0.2, 0) is 13.0 Å². The van der Waals surface area contributed by atoms with Crippen LogP contribution in [0.1, 0.15) is 37.1 Å². The summed E-state index contributed by atoms with van der Waals surface area (Å²) in [7, 11) is 0.